The van der Waals surface area contributed by atoms with Gasteiger partial charge < -0.3 is 0 Å². The smallest absolute Gasteiger partial charge is 0.295 e. The van der Waals surface area contributed by atoms with Gasteiger partial charge in [-0.2, -0.15) is 10.1 Å². The predicted octanol–water partition coefficient (Wildman–Crippen LogP) is 5.58. The van der Waals surface area contributed by atoms with Crippen LogP contribution in [0.3, 0.4) is 0 Å². The Bertz CT molecular complexity index is 791. The van der Waals surface area contributed by atoms with Gasteiger partial charge in [0.2, 0.25) is 0 Å². The van der Waals surface area contributed by atoms with E-state index >= 15 is 0 Å². The van der Waals surface area contributed by atoms with Crippen molar-refractivity contribution >= 4 is 11.9 Å². The molecule has 2 aromatic rings. The van der Waals surface area contributed by atoms with Crippen molar-refractivity contribution in [1.29, 1.82) is 0 Å². The molecule has 0 atom stereocenters. The van der Waals surface area contributed by atoms with Crippen molar-refractivity contribution in [3.8, 4) is 0 Å². The Hall–Kier alpha value is -2.70. The number of carbonyl (C=O) groups excluding carboxylic acids is 2. The molecule has 0 radical (unpaired) electrons. The highest BCUT2D eigenvalue weighted by atomic mass is 17.2. The van der Waals surface area contributed by atoms with Gasteiger partial charge in [0.15, 0.2) is 0 Å². The first-order valence-corrected chi connectivity index (χ1v) is 9.42. The normalized spacial score (nSPS) is 11.1. The predicted molar refractivity (Wildman–Crippen MR) is 110 cm³/mol. The Morgan fingerprint density at radius 2 is 1.41 bits per heavy atom. The van der Waals surface area contributed by atoms with Gasteiger partial charge in [0.1, 0.15) is 5.60 Å². The Kier molecular flexibility index (Phi) is 9.01. The van der Waals surface area contributed by atoms with E-state index in [1.807, 2.05) is 39.0 Å². The van der Waals surface area contributed by atoms with Gasteiger partial charge in [-0.3, -0.25) is 9.78 Å². The molecule has 0 amide bonds. The maximum atomic E-state index is 11.3. The van der Waals surface area contributed by atoms with Crippen molar-refractivity contribution in [2.45, 2.75) is 59.0 Å². The van der Waals surface area contributed by atoms with Crippen LogP contribution in [0.1, 0.15) is 74.2 Å². The van der Waals surface area contributed by atoms with Crippen LogP contribution in [-0.2, 0) is 20.1 Å². The lowest BCUT2D eigenvalue weighted by Crippen LogP contribution is -2.21. The summed E-state index contributed by atoms with van der Waals surface area (Å²) in [4.78, 5) is 36.0. The van der Waals surface area contributed by atoms with Crippen molar-refractivity contribution in [3.05, 3.63) is 71.3 Å². The SMILES string of the molecule is CC(C)(C)OOC(=O)c1ccccc1.CCC(C)(C)c1ccccc1C(=O)OO. The minimum atomic E-state index is -0.702. The van der Waals surface area contributed by atoms with E-state index in [0.29, 0.717) is 11.1 Å². The fraction of sp³-hybridized carbons (Fsp3) is 0.391. The first-order chi connectivity index (χ1) is 13.5. The number of carbonyl (C=O) groups is 2. The van der Waals surface area contributed by atoms with Crippen molar-refractivity contribution in [2.75, 3.05) is 0 Å². The Morgan fingerprint density at radius 3 is 1.93 bits per heavy atom. The van der Waals surface area contributed by atoms with Crippen LogP contribution in [0, 0.1) is 0 Å². The molecule has 0 aliphatic rings. The van der Waals surface area contributed by atoms with Gasteiger partial charge in [-0.15, -0.1) is 0 Å². The van der Waals surface area contributed by atoms with E-state index in [1.54, 1.807) is 36.4 Å². The van der Waals surface area contributed by atoms with Crippen molar-refractivity contribution < 1.29 is 29.5 Å². The number of benzene rings is 2. The summed E-state index contributed by atoms with van der Waals surface area (Å²) in [7, 11) is 0. The zero-order valence-electron chi connectivity index (χ0n) is 17.9. The molecule has 0 saturated carbocycles. The van der Waals surface area contributed by atoms with E-state index in [2.05, 4.69) is 30.5 Å². The number of hydrogen-bond acceptors (Lipinski definition) is 6. The summed E-state index contributed by atoms with van der Waals surface area (Å²) < 4.78 is 0. The molecule has 0 bridgehead atoms. The molecule has 0 aromatic heterocycles. The lowest BCUT2D eigenvalue weighted by Gasteiger charge is -2.25. The van der Waals surface area contributed by atoms with Crippen LogP contribution in [0.4, 0.5) is 0 Å². The van der Waals surface area contributed by atoms with E-state index < -0.39 is 17.5 Å². The molecule has 0 aliphatic carbocycles. The monoisotopic (exact) mass is 402 g/mol. The van der Waals surface area contributed by atoms with Gasteiger partial charge in [0, 0.05) is 0 Å². The first kappa shape index (κ1) is 24.3. The molecule has 0 spiro atoms. The third-order valence-electron chi connectivity index (χ3n) is 4.22. The minimum absolute atomic E-state index is 0.106. The first-order valence-electron chi connectivity index (χ1n) is 9.42. The van der Waals surface area contributed by atoms with Gasteiger partial charge in [-0.25, -0.2) is 9.59 Å². The average Bonchev–Trinajstić information content (AvgIpc) is 2.72. The van der Waals surface area contributed by atoms with E-state index in [-0.39, 0.29) is 5.41 Å². The summed E-state index contributed by atoms with van der Waals surface area (Å²) >= 11 is 0. The highest BCUT2D eigenvalue weighted by Crippen LogP contribution is 2.29. The van der Waals surface area contributed by atoms with E-state index in [0.717, 1.165) is 12.0 Å². The second-order valence-corrected chi connectivity index (χ2v) is 8.09. The standard InChI is InChI=1S/C12H16O3.C11H14O3/c1-4-12(2,3)10-8-6-5-7-9(10)11(13)15-14;1-11(2,3)14-13-10(12)9-7-5-4-6-8-9/h5-8,14H,4H2,1-3H3;4-8H,1-3H3. The molecule has 29 heavy (non-hydrogen) atoms. The number of rotatable bonds is 5. The maximum Gasteiger partial charge on any atom is 0.373 e. The zero-order valence-corrected chi connectivity index (χ0v) is 17.9. The molecule has 2 rings (SSSR count). The topological polar surface area (TPSA) is 82.1 Å². The fourth-order valence-electron chi connectivity index (χ4n) is 2.28. The van der Waals surface area contributed by atoms with Crippen LogP contribution in [0.15, 0.2) is 54.6 Å². The molecule has 0 aliphatic heterocycles. The summed E-state index contributed by atoms with van der Waals surface area (Å²) in [6, 6.07) is 15.9. The molecular formula is C23H30O6. The second kappa shape index (κ2) is 10.7. The Morgan fingerprint density at radius 1 is 0.862 bits per heavy atom. The van der Waals surface area contributed by atoms with Crippen LogP contribution in [-0.4, -0.2) is 22.8 Å². The molecule has 6 nitrogen and oxygen atoms in total. The quantitative estimate of drug-likeness (QED) is 0.519. The third kappa shape index (κ3) is 8.05. The lowest BCUT2D eigenvalue weighted by atomic mass is 9.80. The second-order valence-electron chi connectivity index (χ2n) is 8.09. The molecule has 0 unspecified atom stereocenters. The Balaban J connectivity index is 0.000000291. The molecule has 0 heterocycles. The molecule has 158 valence electrons. The molecular weight excluding hydrogens is 372 g/mol. The molecule has 6 heteroatoms. The largest absolute Gasteiger partial charge is 0.373 e. The van der Waals surface area contributed by atoms with Gasteiger partial charge in [0.25, 0.3) is 0 Å². The summed E-state index contributed by atoms with van der Waals surface area (Å²) in [5, 5.41) is 8.40. The summed E-state index contributed by atoms with van der Waals surface area (Å²) in [5.74, 6) is -1.17. The summed E-state index contributed by atoms with van der Waals surface area (Å²) in [6.07, 6.45) is 0.905. The molecule has 1 N–H and O–H groups in total. The van der Waals surface area contributed by atoms with Crippen LogP contribution in [0.25, 0.3) is 0 Å². The zero-order chi connectivity index (χ0) is 22.1. The Labute approximate surface area is 172 Å². The fourth-order valence-corrected chi connectivity index (χ4v) is 2.28. The van der Waals surface area contributed by atoms with Crippen LogP contribution < -0.4 is 0 Å². The van der Waals surface area contributed by atoms with Gasteiger partial charge in [0.05, 0.1) is 11.1 Å². The molecule has 0 saturated heterocycles. The van der Waals surface area contributed by atoms with E-state index in [9.17, 15) is 9.59 Å². The van der Waals surface area contributed by atoms with Crippen LogP contribution in [0.2, 0.25) is 0 Å². The van der Waals surface area contributed by atoms with Gasteiger partial charge in [-0.05, 0) is 56.4 Å². The summed E-state index contributed by atoms with van der Waals surface area (Å²) in [5.41, 5.74) is 1.21. The lowest BCUT2D eigenvalue weighted by molar-refractivity contribution is -0.301. The molecule has 2 aromatic carbocycles. The van der Waals surface area contributed by atoms with Crippen LogP contribution in [0.5, 0.6) is 0 Å². The third-order valence-corrected chi connectivity index (χ3v) is 4.22. The van der Waals surface area contributed by atoms with Crippen LogP contribution >= 0.6 is 0 Å². The maximum absolute atomic E-state index is 11.3. The van der Waals surface area contributed by atoms with Gasteiger partial charge in [-0.1, -0.05) is 57.2 Å². The highest BCUT2D eigenvalue weighted by Gasteiger charge is 2.24. The van der Waals surface area contributed by atoms with E-state index in [1.165, 1.54) is 0 Å². The van der Waals surface area contributed by atoms with Crippen molar-refractivity contribution in [3.63, 3.8) is 0 Å². The van der Waals surface area contributed by atoms with Crippen molar-refractivity contribution in [2.24, 2.45) is 0 Å². The van der Waals surface area contributed by atoms with E-state index in [4.69, 9.17) is 10.1 Å². The summed E-state index contributed by atoms with van der Waals surface area (Å²) in [6.45, 7) is 11.6. The average molecular weight is 402 g/mol. The van der Waals surface area contributed by atoms with Crippen molar-refractivity contribution in [1.82, 2.24) is 0 Å². The minimum Gasteiger partial charge on any atom is -0.295 e. The van der Waals surface area contributed by atoms with Gasteiger partial charge >= 0.3 is 11.9 Å². The number of hydrogen-bond donors (Lipinski definition) is 1. The molecule has 0 fully saturated rings. The highest BCUT2D eigenvalue weighted by molar-refractivity contribution is 5.91.